The summed E-state index contributed by atoms with van der Waals surface area (Å²) < 4.78 is 57.9. The van der Waals surface area contributed by atoms with Crippen LogP contribution >= 0.6 is 11.6 Å². The minimum atomic E-state index is -4.46. The first-order valence-electron chi connectivity index (χ1n) is 9.98. The van der Waals surface area contributed by atoms with E-state index in [0.717, 1.165) is 12.1 Å². The van der Waals surface area contributed by atoms with Gasteiger partial charge in [0.2, 0.25) is 5.96 Å². The van der Waals surface area contributed by atoms with E-state index in [9.17, 15) is 22.4 Å². The molecule has 0 saturated heterocycles. The summed E-state index contributed by atoms with van der Waals surface area (Å²) in [6.45, 7) is 3.10. The Labute approximate surface area is 192 Å². The molecule has 33 heavy (non-hydrogen) atoms. The molecule has 7 nitrogen and oxygen atoms in total. The minimum Gasteiger partial charge on any atom is -0.382 e. The lowest BCUT2D eigenvalue weighted by atomic mass is 9.97. The van der Waals surface area contributed by atoms with Crippen LogP contribution in [0, 0.1) is 5.82 Å². The fraction of sp³-hybridized carbons (Fsp3) is 0.333. The van der Waals surface area contributed by atoms with Gasteiger partial charge in [-0.15, -0.1) is 0 Å². The quantitative estimate of drug-likeness (QED) is 0.274. The number of benzene rings is 1. The minimum absolute atomic E-state index is 0.00919. The summed E-state index contributed by atoms with van der Waals surface area (Å²) in [5.41, 5.74) is 2.27. The Morgan fingerprint density at radius 1 is 1.36 bits per heavy atom. The standard InChI is InChI=1S/C21H20ClF4N5O2/c1-2-33-9-3-8-27-20(29-19(32)12-4-7-15(22)16(23)10-12)28-18-14-6-5-13(21(24,25)26)11-17(14)30-31-18/h4,6-7,10-11H,2-3,5,8-9H2,1H3,(H2,27,28,29,31,32). The molecular weight excluding hydrogens is 466 g/mol. The SMILES string of the molecule is CCOCCCN=C(N=C1NN=C2C=C(C(F)(F)F)CC=C21)NC(=O)c1ccc(Cl)c(F)c1. The molecule has 2 aliphatic rings. The second-order valence-corrected chi connectivity index (χ2v) is 7.30. The third-order valence-corrected chi connectivity index (χ3v) is 4.86. The number of amidine groups is 1. The number of allylic oxidation sites excluding steroid dienone is 3. The molecule has 0 unspecified atom stereocenters. The van der Waals surface area contributed by atoms with E-state index >= 15 is 0 Å². The number of aliphatic imine (C=N–C) groups is 2. The van der Waals surface area contributed by atoms with Crippen LogP contribution in [0.5, 0.6) is 0 Å². The van der Waals surface area contributed by atoms with Crippen LogP contribution in [0.1, 0.15) is 30.1 Å². The van der Waals surface area contributed by atoms with Gasteiger partial charge < -0.3 is 4.74 Å². The maximum atomic E-state index is 13.7. The number of rotatable bonds is 6. The third-order valence-electron chi connectivity index (χ3n) is 4.55. The molecule has 0 spiro atoms. The number of fused-ring (bicyclic) bond motifs is 1. The lowest BCUT2D eigenvalue weighted by molar-refractivity contribution is -0.0928. The Balaban J connectivity index is 1.79. The van der Waals surface area contributed by atoms with Gasteiger partial charge in [0.1, 0.15) is 5.82 Å². The summed E-state index contributed by atoms with van der Waals surface area (Å²) >= 11 is 5.65. The molecule has 12 heteroatoms. The second-order valence-electron chi connectivity index (χ2n) is 6.90. The third kappa shape index (κ3) is 6.48. The van der Waals surface area contributed by atoms with Crippen LogP contribution in [0.4, 0.5) is 17.6 Å². The Hall–Kier alpha value is -3.05. The number of halogens is 5. The van der Waals surface area contributed by atoms with Crippen LogP contribution in [-0.2, 0) is 4.74 Å². The summed E-state index contributed by atoms with van der Waals surface area (Å²) in [6.07, 6.45) is -1.96. The van der Waals surface area contributed by atoms with Crippen molar-refractivity contribution in [1.29, 1.82) is 0 Å². The van der Waals surface area contributed by atoms with Gasteiger partial charge in [-0.2, -0.15) is 23.3 Å². The summed E-state index contributed by atoms with van der Waals surface area (Å²) in [5, 5.41) is 6.23. The van der Waals surface area contributed by atoms with Crippen LogP contribution < -0.4 is 10.7 Å². The highest BCUT2D eigenvalue weighted by Crippen LogP contribution is 2.32. The van der Waals surface area contributed by atoms with Crippen LogP contribution in [0.15, 0.2) is 56.6 Å². The number of amides is 1. The molecule has 3 rings (SSSR count). The molecule has 0 atom stereocenters. The highest BCUT2D eigenvalue weighted by molar-refractivity contribution is 6.32. The van der Waals surface area contributed by atoms with Crippen molar-refractivity contribution in [1.82, 2.24) is 10.7 Å². The number of hydrogen-bond acceptors (Lipinski definition) is 4. The zero-order chi connectivity index (χ0) is 24.0. The molecule has 0 saturated carbocycles. The molecule has 0 fully saturated rings. The maximum Gasteiger partial charge on any atom is 0.413 e. The number of alkyl halides is 3. The largest absolute Gasteiger partial charge is 0.413 e. The van der Waals surface area contributed by atoms with E-state index < -0.39 is 23.5 Å². The lowest BCUT2D eigenvalue weighted by Crippen LogP contribution is -2.32. The molecule has 1 aliphatic carbocycles. The van der Waals surface area contributed by atoms with Crippen LogP contribution in [0.2, 0.25) is 5.02 Å². The van der Waals surface area contributed by atoms with Crippen molar-refractivity contribution in [2.75, 3.05) is 19.8 Å². The van der Waals surface area contributed by atoms with Crippen molar-refractivity contribution in [3.05, 3.63) is 57.9 Å². The summed E-state index contributed by atoms with van der Waals surface area (Å²) in [5.74, 6) is -1.43. The number of hydrogen-bond donors (Lipinski definition) is 2. The molecule has 0 bridgehead atoms. The van der Waals surface area contributed by atoms with E-state index in [2.05, 4.69) is 25.8 Å². The maximum absolute atomic E-state index is 13.7. The summed E-state index contributed by atoms with van der Waals surface area (Å²) in [7, 11) is 0. The van der Waals surface area contributed by atoms with Gasteiger partial charge in [-0.25, -0.2) is 4.39 Å². The van der Waals surface area contributed by atoms with Crippen LogP contribution in [0.25, 0.3) is 0 Å². The van der Waals surface area contributed by atoms with Gasteiger partial charge in [-0.1, -0.05) is 17.7 Å². The normalized spacial score (nSPS) is 17.2. The number of carbonyl (C=O) groups is 1. The van der Waals surface area contributed by atoms with Crippen LogP contribution in [-0.4, -0.2) is 49.3 Å². The smallest absolute Gasteiger partial charge is 0.382 e. The van der Waals surface area contributed by atoms with Gasteiger partial charge in [0.25, 0.3) is 5.91 Å². The Morgan fingerprint density at radius 3 is 2.85 bits per heavy atom. The van der Waals surface area contributed by atoms with Gasteiger partial charge in [-0.3, -0.25) is 20.5 Å². The first-order chi connectivity index (χ1) is 15.7. The zero-order valence-corrected chi connectivity index (χ0v) is 18.2. The van der Waals surface area contributed by atoms with E-state index in [1.54, 1.807) is 0 Å². The number of ether oxygens (including phenoxy) is 1. The number of nitrogens with one attached hydrogen (secondary N) is 2. The van der Waals surface area contributed by atoms with Crippen molar-refractivity contribution in [3.63, 3.8) is 0 Å². The topological polar surface area (TPSA) is 87.4 Å². The van der Waals surface area contributed by atoms with Crippen molar-refractivity contribution in [3.8, 4) is 0 Å². The van der Waals surface area contributed by atoms with Gasteiger partial charge in [-0.05, 0) is 44.0 Å². The average Bonchev–Trinajstić information content (AvgIpc) is 3.16. The van der Waals surface area contributed by atoms with Crippen molar-refractivity contribution < 1.29 is 27.1 Å². The molecule has 0 aromatic heterocycles. The molecule has 1 heterocycles. The molecular formula is C21H20ClF4N5O2. The first-order valence-corrected chi connectivity index (χ1v) is 10.4. The molecule has 176 valence electrons. The molecule has 1 amide bonds. The van der Waals surface area contributed by atoms with E-state index in [4.69, 9.17) is 16.3 Å². The predicted octanol–water partition coefficient (Wildman–Crippen LogP) is 4.17. The van der Waals surface area contributed by atoms with E-state index in [1.165, 1.54) is 18.2 Å². The fourth-order valence-electron chi connectivity index (χ4n) is 2.90. The predicted molar refractivity (Wildman–Crippen MR) is 117 cm³/mol. The van der Waals surface area contributed by atoms with Gasteiger partial charge in [0, 0.05) is 36.5 Å². The Bertz CT molecular complexity index is 1080. The molecule has 1 aliphatic heterocycles. The number of hydrazone groups is 1. The Kier molecular flexibility index (Phi) is 7.98. The molecule has 1 aromatic rings. The highest BCUT2D eigenvalue weighted by Gasteiger charge is 2.36. The van der Waals surface area contributed by atoms with Gasteiger partial charge in [0.05, 0.1) is 10.7 Å². The van der Waals surface area contributed by atoms with Crippen LogP contribution in [0.3, 0.4) is 0 Å². The van der Waals surface area contributed by atoms with Crippen molar-refractivity contribution in [2.24, 2.45) is 15.1 Å². The second kappa shape index (κ2) is 10.7. The molecule has 0 radical (unpaired) electrons. The number of carbonyl (C=O) groups excluding carboxylic acids is 1. The van der Waals surface area contributed by atoms with Gasteiger partial charge in [0.15, 0.2) is 5.84 Å². The van der Waals surface area contributed by atoms with Crippen molar-refractivity contribution >= 4 is 35.0 Å². The zero-order valence-electron chi connectivity index (χ0n) is 17.5. The van der Waals surface area contributed by atoms with E-state index in [-0.39, 0.29) is 41.1 Å². The van der Waals surface area contributed by atoms with Crippen molar-refractivity contribution in [2.45, 2.75) is 25.9 Å². The van der Waals surface area contributed by atoms with E-state index in [1.807, 2.05) is 6.92 Å². The lowest BCUT2D eigenvalue weighted by Gasteiger charge is -2.14. The molecule has 1 aromatic carbocycles. The number of nitrogens with zero attached hydrogens (tertiary/aromatic N) is 3. The summed E-state index contributed by atoms with van der Waals surface area (Å²) in [6, 6.07) is 3.55. The highest BCUT2D eigenvalue weighted by atomic mass is 35.5. The summed E-state index contributed by atoms with van der Waals surface area (Å²) in [4.78, 5) is 21.0. The monoisotopic (exact) mass is 485 g/mol. The molecule has 2 N–H and O–H groups in total. The van der Waals surface area contributed by atoms with E-state index in [0.29, 0.717) is 25.2 Å². The average molecular weight is 486 g/mol. The first kappa shape index (κ1) is 24.6. The number of guanidine groups is 1. The Morgan fingerprint density at radius 2 is 2.15 bits per heavy atom. The van der Waals surface area contributed by atoms with Gasteiger partial charge >= 0.3 is 6.18 Å². The fourth-order valence-corrected chi connectivity index (χ4v) is 3.02.